The van der Waals surface area contributed by atoms with Crippen LogP contribution in [0, 0.1) is 0 Å². The van der Waals surface area contributed by atoms with Crippen LogP contribution < -0.4 is 10.5 Å². The van der Waals surface area contributed by atoms with Crippen LogP contribution in [0.3, 0.4) is 0 Å². The Hall–Kier alpha value is -3.72. The molecule has 3 atom stereocenters. The molecule has 3 rings (SSSR count). The van der Waals surface area contributed by atoms with Crippen LogP contribution in [0.2, 0.25) is 0 Å². The Morgan fingerprint density at radius 2 is 1.97 bits per heavy atom. The summed E-state index contributed by atoms with van der Waals surface area (Å²) in [6.45, 7) is 4.14. The monoisotopic (exact) mass is 520 g/mol. The Bertz CT molecular complexity index is 1160. The summed E-state index contributed by atoms with van der Waals surface area (Å²) in [4.78, 5) is 27.0. The van der Waals surface area contributed by atoms with Crippen molar-refractivity contribution in [3.63, 3.8) is 0 Å². The SMILES string of the molecule is C=C/C=C/CC(O)/C=C/[C@H]1CCCC(=O)N1CCc1ccc(C(=O)Oc2ccc(C(O)CN)cc2O)cc1. The molecule has 2 aromatic carbocycles. The number of benzene rings is 2. The van der Waals surface area contributed by atoms with Crippen molar-refractivity contribution in [2.75, 3.05) is 13.1 Å². The Morgan fingerprint density at radius 1 is 1.21 bits per heavy atom. The number of aromatic hydroxyl groups is 1. The Labute approximate surface area is 223 Å². The highest BCUT2D eigenvalue weighted by molar-refractivity contribution is 5.91. The number of carbonyl (C=O) groups is 2. The molecule has 38 heavy (non-hydrogen) atoms. The summed E-state index contributed by atoms with van der Waals surface area (Å²) in [7, 11) is 0. The molecule has 0 saturated carbocycles. The van der Waals surface area contributed by atoms with Gasteiger partial charge in [0.2, 0.25) is 5.91 Å². The van der Waals surface area contributed by atoms with Crippen LogP contribution in [0.4, 0.5) is 0 Å². The number of ether oxygens (including phenoxy) is 1. The molecule has 202 valence electrons. The number of hydrogen-bond donors (Lipinski definition) is 4. The van der Waals surface area contributed by atoms with Gasteiger partial charge in [0.15, 0.2) is 11.5 Å². The summed E-state index contributed by atoms with van der Waals surface area (Å²) in [6.07, 6.45) is 10.7. The molecule has 0 radical (unpaired) electrons. The van der Waals surface area contributed by atoms with E-state index in [4.69, 9.17) is 10.5 Å². The average Bonchev–Trinajstić information content (AvgIpc) is 2.92. The zero-order valence-corrected chi connectivity index (χ0v) is 21.4. The van der Waals surface area contributed by atoms with Crippen molar-refractivity contribution in [2.24, 2.45) is 5.73 Å². The van der Waals surface area contributed by atoms with Gasteiger partial charge in [-0.1, -0.05) is 55.2 Å². The number of carbonyl (C=O) groups excluding carboxylic acids is 2. The second kappa shape index (κ2) is 14.3. The molecule has 5 N–H and O–H groups in total. The minimum atomic E-state index is -0.916. The maximum Gasteiger partial charge on any atom is 0.343 e. The number of likely N-dealkylation sites (tertiary alicyclic amines) is 1. The van der Waals surface area contributed by atoms with E-state index in [1.165, 1.54) is 18.2 Å². The number of hydrogen-bond acceptors (Lipinski definition) is 7. The molecule has 1 amide bonds. The van der Waals surface area contributed by atoms with Crippen molar-refractivity contribution in [3.05, 3.63) is 96.1 Å². The van der Waals surface area contributed by atoms with E-state index in [1.54, 1.807) is 30.4 Å². The quantitative estimate of drug-likeness (QED) is 0.145. The number of phenols is 1. The van der Waals surface area contributed by atoms with Gasteiger partial charge < -0.3 is 30.7 Å². The van der Waals surface area contributed by atoms with Gasteiger partial charge in [-0.05, 0) is 61.1 Å². The second-order valence-electron chi connectivity index (χ2n) is 9.21. The molecule has 2 unspecified atom stereocenters. The van der Waals surface area contributed by atoms with Gasteiger partial charge in [0.25, 0.3) is 0 Å². The summed E-state index contributed by atoms with van der Waals surface area (Å²) in [5.41, 5.74) is 7.13. The maximum absolute atomic E-state index is 12.6. The lowest BCUT2D eigenvalue weighted by molar-refractivity contribution is -0.135. The normalized spacial score (nSPS) is 17.6. The summed E-state index contributed by atoms with van der Waals surface area (Å²) in [5, 5.41) is 30.1. The molecule has 8 nitrogen and oxygen atoms in total. The lowest BCUT2D eigenvalue weighted by Gasteiger charge is -2.34. The number of rotatable bonds is 12. The van der Waals surface area contributed by atoms with E-state index < -0.39 is 18.2 Å². The molecule has 0 aliphatic carbocycles. The molecular formula is C30H36N2O6. The highest BCUT2D eigenvalue weighted by Crippen LogP contribution is 2.30. The van der Waals surface area contributed by atoms with Gasteiger partial charge in [0.1, 0.15) is 0 Å². The predicted octanol–water partition coefficient (Wildman–Crippen LogP) is 3.58. The maximum atomic E-state index is 12.6. The van der Waals surface area contributed by atoms with E-state index >= 15 is 0 Å². The minimum absolute atomic E-state index is 0.00552. The van der Waals surface area contributed by atoms with Crippen molar-refractivity contribution >= 4 is 11.9 Å². The van der Waals surface area contributed by atoms with E-state index in [-0.39, 0.29) is 30.0 Å². The number of aliphatic hydroxyl groups excluding tert-OH is 2. The first-order chi connectivity index (χ1) is 18.3. The van der Waals surface area contributed by atoms with E-state index in [0.717, 1.165) is 18.4 Å². The molecule has 0 spiro atoms. The highest BCUT2D eigenvalue weighted by atomic mass is 16.5. The van der Waals surface area contributed by atoms with Gasteiger partial charge in [-0.3, -0.25) is 4.79 Å². The minimum Gasteiger partial charge on any atom is -0.504 e. The van der Waals surface area contributed by atoms with Crippen LogP contribution >= 0.6 is 0 Å². The fourth-order valence-corrected chi connectivity index (χ4v) is 4.27. The number of nitrogens with two attached hydrogens (primary N) is 1. The third-order valence-electron chi connectivity index (χ3n) is 6.44. The molecule has 0 aromatic heterocycles. The van der Waals surface area contributed by atoms with Crippen molar-refractivity contribution in [1.29, 1.82) is 0 Å². The van der Waals surface area contributed by atoms with E-state index in [2.05, 4.69) is 6.58 Å². The zero-order chi connectivity index (χ0) is 27.5. The summed E-state index contributed by atoms with van der Waals surface area (Å²) in [6, 6.07) is 11.1. The van der Waals surface area contributed by atoms with E-state index in [9.17, 15) is 24.9 Å². The highest BCUT2D eigenvalue weighted by Gasteiger charge is 2.26. The molecule has 1 fully saturated rings. The smallest absolute Gasteiger partial charge is 0.343 e. The lowest BCUT2D eigenvalue weighted by atomic mass is 9.99. The first kappa shape index (κ1) is 28.8. The third-order valence-corrected chi connectivity index (χ3v) is 6.44. The first-order valence-electron chi connectivity index (χ1n) is 12.8. The van der Waals surface area contributed by atoms with E-state index in [0.29, 0.717) is 36.9 Å². The van der Waals surface area contributed by atoms with Gasteiger partial charge >= 0.3 is 5.97 Å². The predicted molar refractivity (Wildman–Crippen MR) is 146 cm³/mol. The van der Waals surface area contributed by atoms with Gasteiger partial charge in [0.05, 0.1) is 23.8 Å². The number of allylic oxidation sites excluding steroid dienone is 2. The van der Waals surface area contributed by atoms with Crippen LogP contribution in [0.5, 0.6) is 11.5 Å². The topological polar surface area (TPSA) is 133 Å². The van der Waals surface area contributed by atoms with Crippen LogP contribution in [0.25, 0.3) is 0 Å². The molecule has 0 bridgehead atoms. The van der Waals surface area contributed by atoms with Gasteiger partial charge in [0, 0.05) is 19.5 Å². The average molecular weight is 521 g/mol. The van der Waals surface area contributed by atoms with Crippen LogP contribution in [-0.4, -0.2) is 57.3 Å². The zero-order valence-electron chi connectivity index (χ0n) is 21.4. The molecule has 1 aliphatic heterocycles. The number of aliphatic hydroxyl groups is 2. The summed E-state index contributed by atoms with van der Waals surface area (Å²) >= 11 is 0. The Morgan fingerprint density at radius 3 is 2.66 bits per heavy atom. The van der Waals surface area contributed by atoms with Crippen molar-refractivity contribution in [1.82, 2.24) is 4.90 Å². The van der Waals surface area contributed by atoms with Gasteiger partial charge in [-0.15, -0.1) is 0 Å². The van der Waals surface area contributed by atoms with Gasteiger partial charge in [-0.25, -0.2) is 4.79 Å². The Kier molecular flexibility index (Phi) is 10.8. The first-order valence-corrected chi connectivity index (χ1v) is 12.8. The number of piperidine rings is 1. The summed E-state index contributed by atoms with van der Waals surface area (Å²) in [5.74, 6) is -0.819. The van der Waals surface area contributed by atoms with E-state index in [1.807, 2.05) is 29.2 Å². The molecule has 8 heteroatoms. The fourth-order valence-electron chi connectivity index (χ4n) is 4.27. The fraction of sp³-hybridized carbons (Fsp3) is 0.333. The number of phenolic OH excluding ortho intramolecular Hbond substituents is 1. The number of nitrogens with zero attached hydrogens (tertiary/aromatic N) is 1. The standard InChI is InChI=1S/C30H36N2O6/c1-2-3-4-7-25(33)15-14-24-6-5-8-29(36)32(24)18-17-21-9-11-22(12-10-21)30(37)38-28-16-13-23(19-26(28)34)27(35)20-31/h2-4,9-16,19,24-25,27,33-35H,1,5-8,17-18,20,31H2/b4-3+,15-14+/t24-,25?,27?/m1/s1. The largest absolute Gasteiger partial charge is 0.504 e. The van der Waals surface area contributed by atoms with Crippen molar-refractivity contribution in [2.45, 2.75) is 50.4 Å². The van der Waals surface area contributed by atoms with Crippen LogP contribution in [0.1, 0.15) is 53.3 Å². The number of esters is 1. The molecule has 1 heterocycles. The van der Waals surface area contributed by atoms with Crippen molar-refractivity contribution in [3.8, 4) is 11.5 Å². The van der Waals surface area contributed by atoms with Crippen LogP contribution in [0.15, 0.2) is 79.4 Å². The molecule has 2 aromatic rings. The van der Waals surface area contributed by atoms with Crippen molar-refractivity contribution < 1.29 is 29.6 Å². The lowest BCUT2D eigenvalue weighted by Crippen LogP contribution is -2.43. The van der Waals surface area contributed by atoms with Gasteiger partial charge in [-0.2, -0.15) is 0 Å². The molecule has 1 saturated heterocycles. The second-order valence-corrected chi connectivity index (χ2v) is 9.21. The Balaban J connectivity index is 1.58. The third kappa shape index (κ3) is 8.14. The summed E-state index contributed by atoms with van der Waals surface area (Å²) < 4.78 is 5.31. The number of amides is 1. The molecule has 1 aliphatic rings. The molecular weight excluding hydrogens is 484 g/mol. The van der Waals surface area contributed by atoms with Crippen LogP contribution in [-0.2, 0) is 11.2 Å².